The highest BCUT2D eigenvalue weighted by Crippen LogP contribution is 2.11. The van der Waals surface area contributed by atoms with Gasteiger partial charge in [-0.25, -0.2) is 4.98 Å². The van der Waals surface area contributed by atoms with Gasteiger partial charge in [-0.15, -0.1) is 0 Å². The van der Waals surface area contributed by atoms with E-state index < -0.39 is 5.97 Å². The number of nitrogens with one attached hydrogen (secondary N) is 1. The van der Waals surface area contributed by atoms with E-state index in [0.717, 1.165) is 5.69 Å². The van der Waals surface area contributed by atoms with Crippen LogP contribution in [0.5, 0.6) is 0 Å². The third-order valence-corrected chi connectivity index (χ3v) is 2.29. The summed E-state index contributed by atoms with van der Waals surface area (Å²) < 4.78 is 4.41. The zero-order valence-corrected chi connectivity index (χ0v) is 10.4. The fourth-order valence-corrected chi connectivity index (χ4v) is 1.42. The predicted octanol–water partition coefficient (Wildman–Crippen LogP) is 1.20. The highest BCUT2D eigenvalue weighted by atomic mass is 35.5. The molecule has 0 spiro atoms. The number of nitrogens with zero attached hydrogens (tertiary/aromatic N) is 1. The topological polar surface area (TPSA) is 68.3 Å². The first-order valence-electron chi connectivity index (χ1n) is 5.08. The van der Waals surface area contributed by atoms with E-state index in [1.54, 1.807) is 6.07 Å². The van der Waals surface area contributed by atoms with E-state index in [-0.39, 0.29) is 17.6 Å². The van der Waals surface area contributed by atoms with E-state index in [0.29, 0.717) is 12.0 Å². The molecule has 1 aromatic heterocycles. The van der Waals surface area contributed by atoms with Gasteiger partial charge in [-0.3, -0.25) is 9.59 Å². The molecule has 0 aliphatic rings. The Balaban J connectivity index is 2.74. The van der Waals surface area contributed by atoms with Crippen molar-refractivity contribution in [3.8, 4) is 0 Å². The lowest BCUT2D eigenvalue weighted by molar-refractivity contribution is -0.139. The highest BCUT2D eigenvalue weighted by Gasteiger charge is 2.10. The van der Waals surface area contributed by atoms with Crippen molar-refractivity contribution >= 4 is 23.5 Å². The molecule has 6 heteroatoms. The van der Waals surface area contributed by atoms with E-state index >= 15 is 0 Å². The second kappa shape index (κ2) is 6.20. The van der Waals surface area contributed by atoms with Crippen LogP contribution in [-0.2, 0) is 16.0 Å². The number of ether oxygens (including phenoxy) is 1. The van der Waals surface area contributed by atoms with Gasteiger partial charge in [0.2, 0.25) is 0 Å². The molecule has 0 atom stereocenters. The average Bonchev–Trinajstić information content (AvgIpc) is 2.34. The van der Waals surface area contributed by atoms with E-state index in [1.807, 2.05) is 6.92 Å². The standard InChI is InChI=1S/C11H13ClN2O3/c1-3-8-4-7(5-9(12)14-8)11(16)13-6-10(15)17-2/h4-5H,3,6H2,1-2H3,(H,13,16). The molecule has 17 heavy (non-hydrogen) atoms. The van der Waals surface area contributed by atoms with Crippen molar-refractivity contribution in [3.63, 3.8) is 0 Å². The van der Waals surface area contributed by atoms with Crippen LogP contribution in [0.3, 0.4) is 0 Å². The molecule has 0 aromatic carbocycles. The van der Waals surface area contributed by atoms with Crippen molar-refractivity contribution in [2.24, 2.45) is 0 Å². The van der Waals surface area contributed by atoms with Gasteiger partial charge in [0.15, 0.2) is 0 Å². The summed E-state index contributed by atoms with van der Waals surface area (Å²) in [6.07, 6.45) is 0.678. The number of aryl methyl sites for hydroxylation is 1. The van der Waals surface area contributed by atoms with Gasteiger partial charge in [0.05, 0.1) is 7.11 Å². The van der Waals surface area contributed by atoms with Gasteiger partial charge in [-0.05, 0) is 18.6 Å². The zero-order chi connectivity index (χ0) is 12.8. The predicted molar refractivity (Wildman–Crippen MR) is 63.0 cm³/mol. The van der Waals surface area contributed by atoms with Crippen LogP contribution in [0.25, 0.3) is 0 Å². The molecule has 0 fully saturated rings. The molecule has 0 saturated heterocycles. The first-order valence-corrected chi connectivity index (χ1v) is 5.46. The maximum absolute atomic E-state index is 11.7. The summed E-state index contributed by atoms with van der Waals surface area (Å²) in [7, 11) is 1.26. The summed E-state index contributed by atoms with van der Waals surface area (Å²) in [6, 6.07) is 3.09. The number of hydrogen-bond donors (Lipinski definition) is 1. The summed E-state index contributed by atoms with van der Waals surface area (Å²) in [5, 5.41) is 2.69. The number of pyridine rings is 1. The van der Waals surface area contributed by atoms with Crippen LogP contribution in [0, 0.1) is 0 Å². The van der Waals surface area contributed by atoms with Crippen LogP contribution in [0.4, 0.5) is 0 Å². The molecule has 5 nitrogen and oxygen atoms in total. The molecule has 1 N–H and O–H groups in total. The Labute approximate surface area is 104 Å². The normalized spacial score (nSPS) is 9.82. The molecule has 0 saturated carbocycles. The minimum Gasteiger partial charge on any atom is -0.468 e. The molecule has 0 aliphatic heterocycles. The lowest BCUT2D eigenvalue weighted by Gasteiger charge is -2.05. The summed E-state index contributed by atoms with van der Waals surface area (Å²) in [6.45, 7) is 1.74. The van der Waals surface area contributed by atoms with Gasteiger partial charge in [0.1, 0.15) is 11.7 Å². The highest BCUT2D eigenvalue weighted by molar-refractivity contribution is 6.29. The lowest BCUT2D eigenvalue weighted by Crippen LogP contribution is -2.30. The molecular formula is C11H13ClN2O3. The average molecular weight is 257 g/mol. The number of aromatic nitrogens is 1. The quantitative estimate of drug-likeness (QED) is 0.649. The SMILES string of the molecule is CCc1cc(C(=O)NCC(=O)OC)cc(Cl)n1. The molecule has 0 unspecified atom stereocenters. The number of amides is 1. The van der Waals surface area contributed by atoms with Crippen molar-refractivity contribution in [2.45, 2.75) is 13.3 Å². The lowest BCUT2D eigenvalue weighted by atomic mass is 10.2. The van der Waals surface area contributed by atoms with Crippen molar-refractivity contribution in [2.75, 3.05) is 13.7 Å². The van der Waals surface area contributed by atoms with Gasteiger partial charge >= 0.3 is 5.97 Å². The monoisotopic (exact) mass is 256 g/mol. The van der Waals surface area contributed by atoms with Gasteiger partial charge in [0, 0.05) is 11.3 Å². The number of rotatable bonds is 4. The van der Waals surface area contributed by atoms with Gasteiger partial charge in [-0.1, -0.05) is 18.5 Å². The van der Waals surface area contributed by atoms with Crippen LogP contribution in [-0.4, -0.2) is 30.5 Å². The third kappa shape index (κ3) is 4.03. The molecule has 1 aromatic rings. The summed E-state index contributed by atoms with van der Waals surface area (Å²) >= 11 is 5.78. The number of halogens is 1. The Morgan fingerprint density at radius 3 is 2.76 bits per heavy atom. The number of carbonyl (C=O) groups excluding carboxylic acids is 2. The summed E-state index contributed by atoms with van der Waals surface area (Å²) in [4.78, 5) is 26.6. The van der Waals surface area contributed by atoms with Crippen molar-refractivity contribution in [1.29, 1.82) is 0 Å². The minimum atomic E-state index is -0.505. The second-order valence-electron chi connectivity index (χ2n) is 3.28. The Kier molecular flexibility index (Phi) is 4.90. The fourth-order valence-electron chi connectivity index (χ4n) is 1.19. The molecule has 0 bridgehead atoms. The Morgan fingerprint density at radius 1 is 1.47 bits per heavy atom. The largest absolute Gasteiger partial charge is 0.468 e. The maximum atomic E-state index is 11.7. The number of esters is 1. The third-order valence-electron chi connectivity index (χ3n) is 2.09. The number of hydrogen-bond acceptors (Lipinski definition) is 4. The van der Waals surface area contributed by atoms with Crippen LogP contribution in [0.15, 0.2) is 12.1 Å². The van der Waals surface area contributed by atoms with E-state index in [4.69, 9.17) is 11.6 Å². The molecular weight excluding hydrogens is 244 g/mol. The van der Waals surface area contributed by atoms with E-state index in [2.05, 4.69) is 15.0 Å². The van der Waals surface area contributed by atoms with Crippen LogP contribution in [0.1, 0.15) is 23.0 Å². The molecule has 1 rings (SSSR count). The fraction of sp³-hybridized carbons (Fsp3) is 0.364. The maximum Gasteiger partial charge on any atom is 0.325 e. The van der Waals surface area contributed by atoms with Crippen LogP contribution >= 0.6 is 11.6 Å². The van der Waals surface area contributed by atoms with E-state index in [9.17, 15) is 9.59 Å². The molecule has 92 valence electrons. The Bertz CT molecular complexity index is 435. The van der Waals surface area contributed by atoms with Crippen molar-refractivity contribution in [3.05, 3.63) is 28.5 Å². The van der Waals surface area contributed by atoms with Gasteiger partial charge < -0.3 is 10.1 Å². The van der Waals surface area contributed by atoms with Gasteiger partial charge in [0.25, 0.3) is 5.91 Å². The van der Waals surface area contributed by atoms with Crippen LogP contribution in [0.2, 0.25) is 5.15 Å². The molecule has 0 radical (unpaired) electrons. The molecule has 1 heterocycles. The molecule has 0 aliphatic carbocycles. The minimum absolute atomic E-state index is 0.170. The summed E-state index contributed by atoms with van der Waals surface area (Å²) in [5.41, 5.74) is 1.10. The Morgan fingerprint density at radius 2 is 2.18 bits per heavy atom. The first kappa shape index (κ1) is 13.4. The van der Waals surface area contributed by atoms with Gasteiger partial charge in [-0.2, -0.15) is 0 Å². The number of methoxy groups -OCH3 is 1. The first-order chi connectivity index (χ1) is 8.06. The smallest absolute Gasteiger partial charge is 0.325 e. The Hall–Kier alpha value is -1.62. The van der Waals surface area contributed by atoms with E-state index in [1.165, 1.54) is 13.2 Å². The number of carbonyl (C=O) groups is 2. The second-order valence-corrected chi connectivity index (χ2v) is 3.67. The van der Waals surface area contributed by atoms with Crippen molar-refractivity contribution < 1.29 is 14.3 Å². The molecule has 1 amide bonds. The zero-order valence-electron chi connectivity index (χ0n) is 9.62. The van der Waals surface area contributed by atoms with Crippen LogP contribution < -0.4 is 5.32 Å². The van der Waals surface area contributed by atoms with Crippen molar-refractivity contribution in [1.82, 2.24) is 10.3 Å². The summed E-state index contributed by atoms with van der Waals surface area (Å²) in [5.74, 6) is -0.886.